The Balaban J connectivity index is 2.25. The second-order valence-electron chi connectivity index (χ2n) is 8.04. The molecule has 0 spiro atoms. The Hall–Kier alpha value is -0.883. The summed E-state index contributed by atoms with van der Waals surface area (Å²) in [6.07, 6.45) is 4.94. The van der Waals surface area contributed by atoms with Crippen molar-refractivity contribution >= 4 is 8.07 Å². The molecule has 1 rings (SSSR count). The lowest BCUT2D eigenvalue weighted by atomic mass is 9.94. The molecule has 24 heavy (non-hydrogen) atoms. The van der Waals surface area contributed by atoms with Crippen molar-refractivity contribution in [1.82, 2.24) is 0 Å². The van der Waals surface area contributed by atoms with E-state index >= 15 is 0 Å². The van der Waals surface area contributed by atoms with Crippen LogP contribution in [0, 0.1) is 0 Å². The maximum Gasteiger partial charge on any atom is 0.119 e. The van der Waals surface area contributed by atoms with Crippen molar-refractivity contribution in [3.05, 3.63) is 29.8 Å². The lowest BCUT2D eigenvalue weighted by Crippen LogP contribution is -2.47. The Kier molecular flexibility index (Phi) is 8.98. The van der Waals surface area contributed by atoms with E-state index in [9.17, 15) is 10.2 Å². The van der Waals surface area contributed by atoms with Gasteiger partial charge in [-0.3, -0.25) is 0 Å². The molecule has 0 aromatic heterocycles. The topological polar surface area (TPSA) is 75.7 Å². The molecule has 138 valence electrons. The SMILES string of the molecule is C[Si](C)(C)CCCCCOc1ccc(CCC(N)(CO)CO)cc1. The third-order valence-corrected chi connectivity index (χ3v) is 6.16. The smallest absolute Gasteiger partial charge is 0.119 e. The predicted molar refractivity (Wildman–Crippen MR) is 103 cm³/mol. The molecular formula is C19H35NO3Si. The normalized spacial score (nSPS) is 12.4. The highest BCUT2D eigenvalue weighted by Crippen LogP contribution is 2.17. The highest BCUT2D eigenvalue weighted by Gasteiger charge is 2.22. The summed E-state index contributed by atoms with van der Waals surface area (Å²) in [6, 6.07) is 9.40. The number of hydrogen-bond acceptors (Lipinski definition) is 4. The van der Waals surface area contributed by atoms with Gasteiger partial charge in [0.1, 0.15) is 5.75 Å². The van der Waals surface area contributed by atoms with E-state index in [1.54, 1.807) is 0 Å². The van der Waals surface area contributed by atoms with Crippen LogP contribution in [0.4, 0.5) is 0 Å². The fourth-order valence-corrected chi connectivity index (χ4v) is 3.79. The first-order valence-corrected chi connectivity index (χ1v) is 12.7. The molecule has 0 saturated heterocycles. The highest BCUT2D eigenvalue weighted by molar-refractivity contribution is 6.76. The number of rotatable bonds is 12. The average molecular weight is 354 g/mol. The molecule has 0 bridgehead atoms. The number of aliphatic hydroxyl groups excluding tert-OH is 2. The fraction of sp³-hybridized carbons (Fsp3) is 0.684. The molecule has 0 atom stereocenters. The maximum absolute atomic E-state index is 9.21. The maximum atomic E-state index is 9.21. The molecule has 5 heteroatoms. The van der Waals surface area contributed by atoms with Crippen LogP contribution in [-0.4, -0.2) is 43.6 Å². The van der Waals surface area contributed by atoms with E-state index in [-0.39, 0.29) is 13.2 Å². The van der Waals surface area contributed by atoms with E-state index in [0.29, 0.717) is 6.42 Å². The van der Waals surface area contributed by atoms with Crippen LogP contribution in [-0.2, 0) is 6.42 Å². The van der Waals surface area contributed by atoms with E-state index in [1.807, 2.05) is 24.3 Å². The van der Waals surface area contributed by atoms with Crippen LogP contribution in [0.1, 0.15) is 31.2 Å². The molecular weight excluding hydrogens is 318 g/mol. The Morgan fingerprint density at radius 3 is 2.17 bits per heavy atom. The summed E-state index contributed by atoms with van der Waals surface area (Å²) in [7, 11) is -0.896. The number of unbranched alkanes of at least 4 members (excludes halogenated alkanes) is 2. The zero-order chi connectivity index (χ0) is 18.1. The molecule has 0 aliphatic carbocycles. The van der Waals surface area contributed by atoms with Gasteiger partial charge < -0.3 is 20.7 Å². The Morgan fingerprint density at radius 2 is 1.62 bits per heavy atom. The van der Waals surface area contributed by atoms with Gasteiger partial charge in [-0.1, -0.05) is 50.7 Å². The lowest BCUT2D eigenvalue weighted by Gasteiger charge is -2.24. The number of hydrogen-bond donors (Lipinski definition) is 3. The van der Waals surface area contributed by atoms with E-state index in [4.69, 9.17) is 10.5 Å². The first-order valence-electron chi connectivity index (χ1n) is 9.00. The molecule has 0 aliphatic rings. The fourth-order valence-electron chi connectivity index (χ4n) is 2.48. The zero-order valence-corrected chi connectivity index (χ0v) is 16.6. The Morgan fingerprint density at radius 1 is 1.00 bits per heavy atom. The minimum absolute atomic E-state index is 0.206. The third-order valence-electron chi connectivity index (χ3n) is 4.30. The largest absolute Gasteiger partial charge is 0.494 e. The monoisotopic (exact) mass is 353 g/mol. The van der Waals surface area contributed by atoms with Gasteiger partial charge in [0.15, 0.2) is 0 Å². The second-order valence-corrected chi connectivity index (χ2v) is 13.7. The third kappa shape index (κ3) is 8.83. The van der Waals surface area contributed by atoms with Gasteiger partial charge >= 0.3 is 0 Å². The first kappa shape index (κ1) is 21.2. The molecule has 4 N–H and O–H groups in total. The van der Waals surface area contributed by atoms with Crippen molar-refractivity contribution in [3.63, 3.8) is 0 Å². The molecule has 0 fully saturated rings. The summed E-state index contributed by atoms with van der Waals surface area (Å²) in [5.74, 6) is 0.896. The summed E-state index contributed by atoms with van der Waals surface area (Å²) < 4.78 is 5.79. The van der Waals surface area contributed by atoms with E-state index in [0.717, 1.165) is 30.8 Å². The summed E-state index contributed by atoms with van der Waals surface area (Å²) in [4.78, 5) is 0. The highest BCUT2D eigenvalue weighted by atomic mass is 28.3. The molecule has 0 aliphatic heterocycles. The van der Waals surface area contributed by atoms with Gasteiger partial charge in [0.25, 0.3) is 0 Å². The van der Waals surface area contributed by atoms with E-state index in [1.165, 1.54) is 18.9 Å². The molecule has 0 saturated carbocycles. The number of aryl methyl sites for hydroxylation is 1. The average Bonchev–Trinajstić information content (AvgIpc) is 2.56. The van der Waals surface area contributed by atoms with Crippen molar-refractivity contribution in [2.75, 3.05) is 19.8 Å². The predicted octanol–water partition coefficient (Wildman–Crippen LogP) is 3.19. The van der Waals surface area contributed by atoms with Gasteiger partial charge in [-0.05, 0) is 37.0 Å². The summed E-state index contributed by atoms with van der Waals surface area (Å²) in [6.45, 7) is 7.61. The van der Waals surface area contributed by atoms with Crippen molar-refractivity contribution in [2.24, 2.45) is 5.73 Å². The van der Waals surface area contributed by atoms with Crippen LogP contribution < -0.4 is 10.5 Å². The summed E-state index contributed by atoms with van der Waals surface area (Å²) in [5.41, 5.74) is 6.12. The second kappa shape index (κ2) is 10.2. The summed E-state index contributed by atoms with van der Waals surface area (Å²) >= 11 is 0. The lowest BCUT2D eigenvalue weighted by molar-refractivity contribution is 0.115. The minimum atomic E-state index is -0.898. The van der Waals surface area contributed by atoms with Gasteiger partial charge in [-0.2, -0.15) is 0 Å². The van der Waals surface area contributed by atoms with Gasteiger partial charge in [0.05, 0.1) is 25.4 Å². The number of aliphatic hydroxyl groups is 2. The number of benzene rings is 1. The first-order chi connectivity index (χ1) is 11.3. The van der Waals surface area contributed by atoms with Crippen LogP contribution >= 0.6 is 0 Å². The van der Waals surface area contributed by atoms with Gasteiger partial charge in [-0.15, -0.1) is 0 Å². The van der Waals surface area contributed by atoms with Crippen molar-refractivity contribution in [2.45, 2.75) is 63.3 Å². The molecule has 4 nitrogen and oxygen atoms in total. The molecule has 1 aromatic carbocycles. The van der Waals surface area contributed by atoms with Gasteiger partial charge in [0, 0.05) is 8.07 Å². The van der Waals surface area contributed by atoms with Crippen LogP contribution in [0.15, 0.2) is 24.3 Å². The standard InChI is InChI=1S/C19H35NO3Si/c1-24(2,3)14-6-4-5-13-23-18-9-7-17(8-10-18)11-12-19(20,15-21)16-22/h7-10,21-22H,4-6,11-16,20H2,1-3H3. The van der Waals surface area contributed by atoms with Crippen LogP contribution in [0.5, 0.6) is 5.75 Å². The number of ether oxygens (including phenoxy) is 1. The van der Waals surface area contributed by atoms with Crippen LogP contribution in [0.25, 0.3) is 0 Å². The van der Waals surface area contributed by atoms with Crippen molar-refractivity contribution in [1.29, 1.82) is 0 Å². The van der Waals surface area contributed by atoms with Crippen molar-refractivity contribution < 1.29 is 14.9 Å². The van der Waals surface area contributed by atoms with Crippen LogP contribution in [0.2, 0.25) is 25.7 Å². The molecule has 0 heterocycles. The molecule has 0 unspecified atom stereocenters. The van der Waals surface area contributed by atoms with Gasteiger partial charge in [-0.25, -0.2) is 0 Å². The van der Waals surface area contributed by atoms with Crippen molar-refractivity contribution in [3.8, 4) is 5.75 Å². The molecule has 0 amide bonds. The van der Waals surface area contributed by atoms with Gasteiger partial charge in [0.2, 0.25) is 0 Å². The molecule has 0 radical (unpaired) electrons. The Bertz CT molecular complexity index is 453. The number of nitrogens with two attached hydrogens (primary N) is 1. The van der Waals surface area contributed by atoms with Crippen LogP contribution in [0.3, 0.4) is 0 Å². The minimum Gasteiger partial charge on any atom is -0.494 e. The molecule has 1 aromatic rings. The van der Waals surface area contributed by atoms with E-state index in [2.05, 4.69) is 19.6 Å². The Labute approximate surface area is 148 Å². The van der Waals surface area contributed by atoms with E-state index < -0.39 is 13.6 Å². The quantitative estimate of drug-likeness (QED) is 0.398. The zero-order valence-electron chi connectivity index (χ0n) is 15.6. The summed E-state index contributed by atoms with van der Waals surface area (Å²) in [5, 5.41) is 18.4.